The number of allylic oxidation sites excluding steroid dienone is 2. The maximum Gasteiger partial charge on any atom is 0.241 e. The van der Waals surface area contributed by atoms with Crippen molar-refractivity contribution in [1.29, 1.82) is 0 Å². The molecule has 0 radical (unpaired) electrons. The van der Waals surface area contributed by atoms with Crippen LogP contribution in [0.25, 0.3) is 0 Å². The molecular weight excluding hydrogens is 623 g/mol. The Morgan fingerprint density at radius 3 is 2.36 bits per heavy atom. The number of fused-ring (bicyclic) bond motifs is 4. The molecule has 2 aliphatic carbocycles. The third-order valence-corrected chi connectivity index (χ3v) is 10.9. The summed E-state index contributed by atoms with van der Waals surface area (Å²) in [5.41, 5.74) is 1.91. The van der Waals surface area contributed by atoms with E-state index in [2.05, 4.69) is 0 Å². The first-order valence-electron chi connectivity index (χ1n) is 15.9. The molecule has 3 fully saturated rings. The van der Waals surface area contributed by atoms with Crippen LogP contribution in [0.1, 0.15) is 43.7 Å². The average molecular weight is 657 g/mol. The van der Waals surface area contributed by atoms with E-state index in [0.29, 0.717) is 23.4 Å². The first kappa shape index (κ1) is 31.3. The van der Waals surface area contributed by atoms with Crippen molar-refractivity contribution in [2.45, 2.75) is 39.0 Å². The Morgan fingerprint density at radius 1 is 0.936 bits per heavy atom. The molecule has 10 heteroatoms. The molecule has 7 rings (SSSR count). The summed E-state index contributed by atoms with van der Waals surface area (Å²) in [7, 11) is 0. The van der Waals surface area contributed by atoms with Gasteiger partial charge < -0.3 is 9.84 Å². The lowest BCUT2D eigenvalue weighted by Crippen LogP contribution is -2.49. The van der Waals surface area contributed by atoms with Gasteiger partial charge in [-0.3, -0.25) is 24.1 Å². The molecule has 4 amide bonds. The highest BCUT2D eigenvalue weighted by atomic mass is 35.5. The van der Waals surface area contributed by atoms with Crippen LogP contribution in [0.4, 0.5) is 15.8 Å². The van der Waals surface area contributed by atoms with Gasteiger partial charge in [-0.05, 0) is 74.1 Å². The average Bonchev–Trinajstić information content (AvgIpc) is 3.44. The van der Waals surface area contributed by atoms with Crippen molar-refractivity contribution in [3.63, 3.8) is 0 Å². The number of rotatable bonds is 7. The lowest BCUT2D eigenvalue weighted by atomic mass is 9.51. The van der Waals surface area contributed by atoms with Gasteiger partial charge in [0.15, 0.2) is 0 Å². The van der Waals surface area contributed by atoms with Crippen LogP contribution >= 0.6 is 11.6 Å². The highest BCUT2D eigenvalue weighted by molar-refractivity contribution is 6.32. The van der Waals surface area contributed by atoms with Gasteiger partial charge in [0.1, 0.15) is 18.2 Å². The largest absolute Gasteiger partial charge is 0.491 e. The number of anilines is 2. The molecule has 8 nitrogen and oxygen atoms in total. The van der Waals surface area contributed by atoms with Crippen LogP contribution < -0.4 is 14.5 Å². The van der Waals surface area contributed by atoms with Gasteiger partial charge in [0.05, 0.1) is 46.2 Å². The number of aryl methyl sites for hydroxylation is 1. The maximum atomic E-state index is 14.6. The van der Waals surface area contributed by atoms with E-state index in [0.717, 1.165) is 28.5 Å². The SMILES string of the molecule is CCc1ccc(N2C(=O)C3CC=C4C(CC5C(=O)N(c6ccc(F)c(Cl)c6)C(=O)C5(C)C4c4ccccc4OCCO)C3C2=O)cc1. The quantitative estimate of drug-likeness (QED) is 0.253. The number of nitrogens with zero attached hydrogens (tertiary/aromatic N) is 2. The van der Waals surface area contributed by atoms with Gasteiger partial charge in [-0.1, -0.05) is 60.5 Å². The lowest BCUT2D eigenvalue weighted by molar-refractivity contribution is -0.131. The van der Waals surface area contributed by atoms with E-state index in [9.17, 15) is 28.7 Å². The van der Waals surface area contributed by atoms with Crippen molar-refractivity contribution >= 4 is 46.6 Å². The second kappa shape index (κ2) is 11.7. The number of hydrogen-bond donors (Lipinski definition) is 1. The summed E-state index contributed by atoms with van der Waals surface area (Å²) in [5, 5.41) is 9.33. The van der Waals surface area contributed by atoms with Gasteiger partial charge in [-0.2, -0.15) is 0 Å². The predicted molar refractivity (Wildman–Crippen MR) is 173 cm³/mol. The zero-order valence-electron chi connectivity index (χ0n) is 26.0. The molecule has 6 unspecified atom stereocenters. The van der Waals surface area contributed by atoms with Crippen molar-refractivity contribution in [2.75, 3.05) is 23.0 Å². The third kappa shape index (κ3) is 4.65. The number of para-hydroxylation sites is 1. The smallest absolute Gasteiger partial charge is 0.241 e. The van der Waals surface area contributed by atoms with E-state index in [-0.39, 0.29) is 42.2 Å². The molecule has 6 atom stereocenters. The summed E-state index contributed by atoms with van der Waals surface area (Å²) >= 11 is 6.10. The first-order valence-corrected chi connectivity index (χ1v) is 16.3. The van der Waals surface area contributed by atoms with Gasteiger partial charge in [0, 0.05) is 11.5 Å². The maximum absolute atomic E-state index is 14.6. The molecule has 3 aromatic carbocycles. The molecule has 2 heterocycles. The molecule has 0 spiro atoms. The van der Waals surface area contributed by atoms with Crippen LogP contribution in [0.3, 0.4) is 0 Å². The Bertz CT molecular complexity index is 1840. The molecule has 3 aromatic rings. The topological polar surface area (TPSA) is 104 Å². The molecule has 0 bridgehead atoms. The Balaban J connectivity index is 1.36. The Kier molecular flexibility index (Phi) is 7.80. The Labute approximate surface area is 276 Å². The van der Waals surface area contributed by atoms with Crippen molar-refractivity contribution in [3.8, 4) is 5.75 Å². The zero-order valence-corrected chi connectivity index (χ0v) is 26.7. The number of imide groups is 2. The highest BCUT2D eigenvalue weighted by Gasteiger charge is 2.68. The summed E-state index contributed by atoms with van der Waals surface area (Å²) in [6, 6.07) is 18.3. The van der Waals surface area contributed by atoms with Crippen LogP contribution in [-0.2, 0) is 25.6 Å². The number of aliphatic hydroxyl groups is 1. The second-order valence-corrected chi connectivity index (χ2v) is 13.3. The third-order valence-electron chi connectivity index (χ3n) is 10.6. The van der Waals surface area contributed by atoms with Crippen molar-refractivity contribution in [3.05, 3.63) is 100 Å². The molecule has 1 N–H and O–H groups in total. The van der Waals surface area contributed by atoms with Gasteiger partial charge in [0.2, 0.25) is 23.6 Å². The van der Waals surface area contributed by atoms with Crippen molar-refractivity contribution < 1.29 is 33.4 Å². The van der Waals surface area contributed by atoms with Crippen molar-refractivity contribution in [2.24, 2.45) is 29.1 Å². The zero-order chi connectivity index (χ0) is 33.2. The first-order chi connectivity index (χ1) is 22.6. The van der Waals surface area contributed by atoms with Crippen LogP contribution in [0.15, 0.2) is 78.4 Å². The van der Waals surface area contributed by atoms with E-state index in [1.165, 1.54) is 17.0 Å². The number of benzene rings is 3. The fourth-order valence-electron chi connectivity index (χ4n) is 8.37. The molecule has 4 aliphatic rings. The minimum absolute atomic E-state index is 0.0168. The molecule has 2 aliphatic heterocycles. The second-order valence-electron chi connectivity index (χ2n) is 12.9. The number of hydrogen-bond acceptors (Lipinski definition) is 6. The van der Waals surface area contributed by atoms with E-state index in [4.69, 9.17) is 16.3 Å². The van der Waals surface area contributed by atoms with Gasteiger partial charge in [-0.15, -0.1) is 0 Å². The molecule has 0 aromatic heterocycles. The van der Waals surface area contributed by atoms with Crippen molar-refractivity contribution in [1.82, 2.24) is 0 Å². The Morgan fingerprint density at radius 2 is 1.66 bits per heavy atom. The normalized spacial score (nSPS) is 28.3. The predicted octanol–water partition coefficient (Wildman–Crippen LogP) is 5.85. The van der Waals surface area contributed by atoms with Crippen LogP contribution in [0, 0.1) is 34.9 Å². The van der Waals surface area contributed by atoms with Gasteiger partial charge in [0.25, 0.3) is 0 Å². The number of carbonyl (C=O) groups excluding carboxylic acids is 4. The van der Waals surface area contributed by atoms with E-state index < -0.39 is 52.6 Å². The summed E-state index contributed by atoms with van der Waals surface area (Å²) < 4.78 is 20.1. The minimum Gasteiger partial charge on any atom is -0.491 e. The van der Waals surface area contributed by atoms with Crippen LogP contribution in [-0.4, -0.2) is 41.9 Å². The van der Waals surface area contributed by atoms with Crippen LogP contribution in [0.2, 0.25) is 5.02 Å². The van der Waals surface area contributed by atoms with Gasteiger partial charge >= 0.3 is 0 Å². The number of carbonyl (C=O) groups is 4. The number of halogens is 2. The van der Waals surface area contributed by atoms with E-state index >= 15 is 0 Å². The summed E-state index contributed by atoms with van der Waals surface area (Å²) in [6.45, 7) is 3.59. The molecule has 242 valence electrons. The lowest BCUT2D eigenvalue weighted by Gasteiger charge is -2.49. The van der Waals surface area contributed by atoms with Crippen LogP contribution in [0.5, 0.6) is 5.75 Å². The van der Waals surface area contributed by atoms with E-state index in [1.807, 2.05) is 37.3 Å². The fourth-order valence-corrected chi connectivity index (χ4v) is 8.55. The standard InChI is InChI=1S/C37H34ClFN2O6/c1-3-20-8-10-21(11-9-20)40-33(43)25-14-13-23-26(31(25)35(40)45)19-27-34(44)41(22-12-15-29(39)28(38)18-22)36(46)37(27,2)32(23)24-6-4-5-7-30(24)47-17-16-42/h4-13,15,18,25-27,31-32,42H,3,14,16-17,19H2,1-2H3. The molecule has 2 saturated heterocycles. The van der Waals surface area contributed by atoms with E-state index in [1.54, 1.807) is 31.2 Å². The number of aliphatic hydroxyl groups excluding tert-OH is 1. The van der Waals surface area contributed by atoms with Gasteiger partial charge in [-0.25, -0.2) is 9.29 Å². The minimum atomic E-state index is -1.31. The molecule has 47 heavy (non-hydrogen) atoms. The fraction of sp³-hybridized carbons (Fsp3) is 0.351. The summed E-state index contributed by atoms with van der Waals surface area (Å²) in [4.78, 5) is 59.5. The molecular formula is C37H34ClFN2O6. The molecule has 1 saturated carbocycles. The summed E-state index contributed by atoms with van der Waals surface area (Å²) in [5.74, 6) is -5.14. The highest BCUT2D eigenvalue weighted by Crippen LogP contribution is 2.64. The summed E-state index contributed by atoms with van der Waals surface area (Å²) in [6.07, 6.45) is 3.28. The number of ether oxygens (including phenoxy) is 1. The monoisotopic (exact) mass is 656 g/mol. The number of amides is 4. The Hall–Kier alpha value is -4.34.